The molecule has 2 heterocycles. The molecule has 0 atom stereocenters. The molecule has 148 valence electrons. The summed E-state index contributed by atoms with van der Waals surface area (Å²) >= 11 is 5.36. The molecule has 4 aromatic rings. The quantitative estimate of drug-likeness (QED) is 0.489. The maximum atomic E-state index is 12.3. The molecule has 0 saturated heterocycles. The van der Waals surface area contributed by atoms with Crippen LogP contribution in [0.15, 0.2) is 57.7 Å². The first-order chi connectivity index (χ1) is 14.0. The molecule has 0 saturated carbocycles. The Balaban J connectivity index is 1.58. The highest BCUT2D eigenvalue weighted by atomic mass is 32.1. The van der Waals surface area contributed by atoms with Crippen LogP contribution in [-0.4, -0.2) is 31.2 Å². The third-order valence-corrected chi connectivity index (χ3v) is 5.09. The van der Waals surface area contributed by atoms with E-state index in [4.69, 9.17) is 16.6 Å². The Hall–Kier alpha value is -3.10. The molecule has 8 heteroatoms. The molecule has 2 aromatic carbocycles. The van der Waals surface area contributed by atoms with E-state index in [1.54, 1.807) is 10.7 Å². The fourth-order valence-corrected chi connectivity index (χ4v) is 3.37. The molecule has 2 aromatic heterocycles. The summed E-state index contributed by atoms with van der Waals surface area (Å²) in [6, 6.07) is 15.2. The largest absolute Gasteiger partial charge is 0.409 e. The van der Waals surface area contributed by atoms with Crippen LogP contribution in [0.3, 0.4) is 0 Å². The lowest BCUT2D eigenvalue weighted by molar-refractivity contribution is 0.200. The van der Waals surface area contributed by atoms with Gasteiger partial charge in [0.2, 0.25) is 5.89 Å². The third-order valence-electron chi connectivity index (χ3n) is 4.80. The van der Waals surface area contributed by atoms with E-state index >= 15 is 0 Å². The number of aryl methyl sites for hydroxylation is 1. The van der Waals surface area contributed by atoms with Gasteiger partial charge in [0.15, 0.2) is 0 Å². The van der Waals surface area contributed by atoms with E-state index in [1.807, 2.05) is 56.3 Å². The molecule has 7 nitrogen and oxygen atoms in total. The summed E-state index contributed by atoms with van der Waals surface area (Å²) in [5, 5.41) is 5.13. The molecule has 0 bridgehead atoms. The molecule has 29 heavy (non-hydrogen) atoms. The van der Waals surface area contributed by atoms with Crippen LogP contribution >= 0.6 is 12.2 Å². The number of aromatic nitrogens is 4. The maximum Gasteiger partial charge on any atom is 0.288 e. The van der Waals surface area contributed by atoms with Gasteiger partial charge in [-0.2, -0.15) is 0 Å². The molecule has 4 rings (SSSR count). The van der Waals surface area contributed by atoms with E-state index in [-0.39, 0.29) is 5.56 Å². The Kier molecular flexibility index (Phi) is 5.37. The predicted octanol–water partition coefficient (Wildman–Crippen LogP) is 3.90. The zero-order chi connectivity index (χ0) is 20.4. The zero-order valence-electron chi connectivity index (χ0n) is 16.3. The molecule has 0 aliphatic rings. The van der Waals surface area contributed by atoms with Crippen molar-refractivity contribution in [1.29, 1.82) is 0 Å². The summed E-state index contributed by atoms with van der Waals surface area (Å²) in [5.41, 5.74) is 2.53. The minimum Gasteiger partial charge on any atom is -0.409 e. The van der Waals surface area contributed by atoms with E-state index in [1.165, 1.54) is 0 Å². The van der Waals surface area contributed by atoms with Crippen LogP contribution in [0.2, 0.25) is 0 Å². The molecule has 0 aliphatic carbocycles. The second-order valence-electron chi connectivity index (χ2n) is 6.80. The van der Waals surface area contributed by atoms with Gasteiger partial charge in [-0.3, -0.25) is 9.69 Å². The lowest BCUT2D eigenvalue weighted by Crippen LogP contribution is -2.28. The highest BCUT2D eigenvalue weighted by Crippen LogP contribution is 2.21. The van der Waals surface area contributed by atoms with E-state index in [9.17, 15) is 4.79 Å². The average Bonchev–Trinajstić information content (AvgIpc) is 3.08. The number of nitrogens with one attached hydrogen (secondary N) is 1. The van der Waals surface area contributed by atoms with Gasteiger partial charge < -0.3 is 9.40 Å². The van der Waals surface area contributed by atoms with Gasteiger partial charge in [-0.15, -0.1) is 5.10 Å². The first-order valence-corrected chi connectivity index (χ1v) is 9.80. The molecule has 0 spiro atoms. The number of benzene rings is 2. The first kappa shape index (κ1) is 19.2. The van der Waals surface area contributed by atoms with Crippen molar-refractivity contribution in [1.82, 2.24) is 24.6 Å². The number of para-hydroxylation sites is 1. The van der Waals surface area contributed by atoms with Crippen LogP contribution < -0.4 is 5.56 Å². The van der Waals surface area contributed by atoms with Crippen molar-refractivity contribution >= 4 is 23.1 Å². The Morgan fingerprint density at radius 1 is 1.17 bits per heavy atom. The van der Waals surface area contributed by atoms with E-state index in [0.717, 1.165) is 17.7 Å². The van der Waals surface area contributed by atoms with Crippen molar-refractivity contribution in [2.24, 2.45) is 0 Å². The van der Waals surface area contributed by atoms with Crippen LogP contribution in [0.1, 0.15) is 18.3 Å². The van der Waals surface area contributed by atoms with Crippen LogP contribution in [0.4, 0.5) is 0 Å². The molecule has 1 N–H and O–H groups in total. The van der Waals surface area contributed by atoms with E-state index < -0.39 is 0 Å². The summed E-state index contributed by atoms with van der Waals surface area (Å²) in [5.74, 6) is 1.10. The topological polar surface area (TPSA) is 80.0 Å². The molecule has 0 unspecified atom stereocenters. The number of nitrogens with zero attached hydrogens (tertiary/aromatic N) is 4. The van der Waals surface area contributed by atoms with Crippen LogP contribution in [0, 0.1) is 11.8 Å². The number of aromatic amines is 1. The van der Waals surface area contributed by atoms with E-state index in [0.29, 0.717) is 40.7 Å². The Morgan fingerprint density at radius 2 is 1.93 bits per heavy atom. The lowest BCUT2D eigenvalue weighted by Gasteiger charge is -2.19. The van der Waals surface area contributed by atoms with Crippen molar-refractivity contribution in [3.05, 3.63) is 75.1 Å². The van der Waals surface area contributed by atoms with Crippen molar-refractivity contribution < 1.29 is 4.42 Å². The van der Waals surface area contributed by atoms with Crippen molar-refractivity contribution in [2.45, 2.75) is 27.1 Å². The van der Waals surface area contributed by atoms with Gasteiger partial charge in [0, 0.05) is 5.56 Å². The normalized spacial score (nSPS) is 11.4. The summed E-state index contributed by atoms with van der Waals surface area (Å²) in [6.45, 7) is 5.66. The number of rotatable bonds is 6. The standard InChI is InChI=1S/C21H21N5O2S/c1-3-25(12-18-22-17-11-7-6-10-16(17)19(27)23-18)13-26-21(29)28-20(24-26)15-9-5-4-8-14(15)2/h4-11H,3,12-13H2,1-2H3,(H,22,23,27). The van der Waals surface area contributed by atoms with Gasteiger partial charge in [0.05, 0.1) is 24.1 Å². The number of fused-ring (bicyclic) bond motifs is 1. The lowest BCUT2D eigenvalue weighted by atomic mass is 10.1. The fraction of sp³-hybridized carbons (Fsp3) is 0.238. The van der Waals surface area contributed by atoms with E-state index in [2.05, 4.69) is 20.0 Å². The second-order valence-corrected chi connectivity index (χ2v) is 7.15. The Morgan fingerprint density at radius 3 is 2.72 bits per heavy atom. The van der Waals surface area contributed by atoms with Crippen molar-refractivity contribution in [2.75, 3.05) is 6.54 Å². The first-order valence-electron chi connectivity index (χ1n) is 9.39. The third kappa shape index (κ3) is 4.03. The van der Waals surface area contributed by atoms with Crippen LogP contribution in [-0.2, 0) is 13.2 Å². The summed E-state index contributed by atoms with van der Waals surface area (Å²) < 4.78 is 7.37. The summed E-state index contributed by atoms with van der Waals surface area (Å²) in [7, 11) is 0. The van der Waals surface area contributed by atoms with Gasteiger partial charge in [0.25, 0.3) is 10.4 Å². The monoisotopic (exact) mass is 407 g/mol. The molecule has 0 radical (unpaired) electrons. The SMILES string of the molecule is CCN(Cc1nc2ccccc2c(=O)[nH]1)Cn1nc(-c2ccccc2C)oc1=S. The maximum absolute atomic E-state index is 12.3. The smallest absolute Gasteiger partial charge is 0.288 e. The minimum atomic E-state index is -0.137. The van der Waals surface area contributed by atoms with Crippen LogP contribution in [0.25, 0.3) is 22.4 Å². The van der Waals surface area contributed by atoms with Gasteiger partial charge in [-0.05, 0) is 49.4 Å². The number of H-pyrrole nitrogens is 1. The number of hydrogen-bond acceptors (Lipinski definition) is 6. The molecule has 0 aliphatic heterocycles. The minimum absolute atomic E-state index is 0.137. The molecule has 0 amide bonds. The Labute approximate surface area is 172 Å². The second kappa shape index (κ2) is 8.10. The number of hydrogen-bond donors (Lipinski definition) is 1. The highest BCUT2D eigenvalue weighted by molar-refractivity contribution is 7.71. The summed E-state index contributed by atoms with van der Waals surface area (Å²) in [4.78, 5) is 22.1. The van der Waals surface area contributed by atoms with Crippen LogP contribution in [0.5, 0.6) is 0 Å². The molecular formula is C21H21N5O2S. The van der Waals surface area contributed by atoms with Crippen molar-refractivity contribution in [3.63, 3.8) is 0 Å². The van der Waals surface area contributed by atoms with Gasteiger partial charge in [0.1, 0.15) is 5.82 Å². The van der Waals surface area contributed by atoms with Gasteiger partial charge in [-0.1, -0.05) is 37.3 Å². The van der Waals surface area contributed by atoms with Gasteiger partial charge in [-0.25, -0.2) is 9.67 Å². The Bertz CT molecular complexity index is 1270. The fourth-order valence-electron chi connectivity index (χ4n) is 3.19. The summed E-state index contributed by atoms with van der Waals surface area (Å²) in [6.07, 6.45) is 0. The predicted molar refractivity (Wildman–Crippen MR) is 114 cm³/mol. The molecule has 0 fully saturated rings. The highest BCUT2D eigenvalue weighted by Gasteiger charge is 2.14. The van der Waals surface area contributed by atoms with Gasteiger partial charge >= 0.3 is 0 Å². The zero-order valence-corrected chi connectivity index (χ0v) is 17.1. The molecular weight excluding hydrogens is 386 g/mol. The average molecular weight is 407 g/mol. The van der Waals surface area contributed by atoms with Crippen molar-refractivity contribution in [3.8, 4) is 11.5 Å².